The first-order valence-electron chi connectivity index (χ1n) is 17.9. The molecule has 8 aliphatic rings. The largest absolute Gasteiger partial charge is 0.468 e. The van der Waals surface area contributed by atoms with Crippen LogP contribution in [-0.4, -0.2) is 133 Å². The van der Waals surface area contributed by atoms with E-state index in [4.69, 9.17) is 42.6 Å². The highest BCUT2D eigenvalue weighted by Crippen LogP contribution is 2.83. The van der Waals surface area contributed by atoms with E-state index in [1.54, 1.807) is 13.8 Å². The standard InChI is InChI=1S/C35H48O16/c1-8-15(2)24(38)49-18-12-19(48-16(3)36)32(26(39)43-6)13-46-21-22(32)31(18)14-47-34(42,27(40)44-7)25(31)29(4,23(21)37)35-20-11-17(30(35,5)51-35)33(41)9-10-45-28(33)50-20/h15,17-23,25,28,37,41-42H,8-14H2,1-7H3/t15?,17?,18-,19+,20?,21?,22?,23+,25-,28-,29+,30-,31-,32-,33-,34-,35-/m0/s1. The normalized spacial score (nSPS) is 54.7. The molecule has 5 heterocycles. The first kappa shape index (κ1) is 35.6. The van der Waals surface area contributed by atoms with Gasteiger partial charge in [-0.2, -0.15) is 0 Å². The Hall–Kier alpha value is -2.44. The smallest absolute Gasteiger partial charge is 0.366 e. The molecule has 2 bridgehead atoms. The highest BCUT2D eigenvalue weighted by Gasteiger charge is 2.97. The summed E-state index contributed by atoms with van der Waals surface area (Å²) >= 11 is 0. The number of hydrogen-bond donors (Lipinski definition) is 3. The summed E-state index contributed by atoms with van der Waals surface area (Å²) in [5.74, 6) is -9.94. The molecule has 16 nitrogen and oxygen atoms in total. The third-order valence-corrected chi connectivity index (χ3v) is 14.7. The van der Waals surface area contributed by atoms with E-state index in [1.807, 2.05) is 13.8 Å². The summed E-state index contributed by atoms with van der Waals surface area (Å²) in [6, 6.07) is 0. The quantitative estimate of drug-likeness (QED) is 0.175. The molecule has 3 saturated carbocycles. The van der Waals surface area contributed by atoms with Gasteiger partial charge in [-0.05, 0) is 19.8 Å². The van der Waals surface area contributed by atoms with Gasteiger partial charge in [0, 0.05) is 48.3 Å². The van der Waals surface area contributed by atoms with Crippen molar-refractivity contribution in [3.63, 3.8) is 0 Å². The van der Waals surface area contributed by atoms with Crippen LogP contribution >= 0.6 is 0 Å². The van der Waals surface area contributed by atoms with E-state index in [1.165, 1.54) is 14.0 Å². The van der Waals surface area contributed by atoms with Crippen molar-refractivity contribution in [3.05, 3.63) is 0 Å². The van der Waals surface area contributed by atoms with Crippen LogP contribution in [0.25, 0.3) is 0 Å². The van der Waals surface area contributed by atoms with Gasteiger partial charge in [0.05, 0.1) is 58.3 Å². The van der Waals surface area contributed by atoms with Gasteiger partial charge < -0.3 is 58.0 Å². The van der Waals surface area contributed by atoms with Crippen LogP contribution in [0.2, 0.25) is 0 Å². The van der Waals surface area contributed by atoms with Gasteiger partial charge in [0.15, 0.2) is 6.29 Å². The summed E-state index contributed by atoms with van der Waals surface area (Å²) in [5.41, 5.74) is -9.31. The lowest BCUT2D eigenvalue weighted by Gasteiger charge is -2.65. The molecule has 3 aliphatic carbocycles. The van der Waals surface area contributed by atoms with Crippen molar-refractivity contribution in [3.8, 4) is 0 Å². The highest BCUT2D eigenvalue weighted by molar-refractivity contribution is 5.82. The molecule has 51 heavy (non-hydrogen) atoms. The van der Waals surface area contributed by atoms with E-state index >= 15 is 0 Å². The van der Waals surface area contributed by atoms with Gasteiger partial charge in [0.1, 0.15) is 34.4 Å². The van der Waals surface area contributed by atoms with E-state index in [9.17, 15) is 34.5 Å². The highest BCUT2D eigenvalue weighted by atomic mass is 16.7. The molecule has 0 radical (unpaired) electrons. The number of aliphatic hydroxyl groups is 3. The zero-order valence-electron chi connectivity index (χ0n) is 29.9. The van der Waals surface area contributed by atoms with Gasteiger partial charge in [0.25, 0.3) is 5.79 Å². The zero-order valence-corrected chi connectivity index (χ0v) is 29.9. The van der Waals surface area contributed by atoms with Gasteiger partial charge in [0.2, 0.25) is 0 Å². The van der Waals surface area contributed by atoms with Gasteiger partial charge in [-0.15, -0.1) is 0 Å². The maximum absolute atomic E-state index is 14.2. The molecule has 5 unspecified atom stereocenters. The molecule has 16 heteroatoms. The predicted octanol–water partition coefficient (Wildman–Crippen LogP) is -0.247. The van der Waals surface area contributed by atoms with Gasteiger partial charge in [-0.3, -0.25) is 14.4 Å². The van der Waals surface area contributed by atoms with E-state index in [0.717, 1.165) is 7.11 Å². The minimum Gasteiger partial charge on any atom is -0.468 e. The summed E-state index contributed by atoms with van der Waals surface area (Å²) < 4.78 is 54.5. The van der Waals surface area contributed by atoms with Crippen molar-refractivity contribution in [2.45, 2.75) is 120 Å². The summed E-state index contributed by atoms with van der Waals surface area (Å²) in [5, 5.41) is 37.6. The molecule has 5 saturated heterocycles. The van der Waals surface area contributed by atoms with Gasteiger partial charge in [-0.25, -0.2) is 4.79 Å². The van der Waals surface area contributed by atoms with Crippen LogP contribution in [0, 0.1) is 39.9 Å². The summed E-state index contributed by atoms with van der Waals surface area (Å²) in [6.07, 6.45) is -6.41. The molecule has 17 atom stereocenters. The fourth-order valence-corrected chi connectivity index (χ4v) is 12.6. The van der Waals surface area contributed by atoms with E-state index < -0.39 is 130 Å². The number of epoxide rings is 1. The van der Waals surface area contributed by atoms with E-state index in [-0.39, 0.29) is 26.1 Å². The number of hydrogen-bond acceptors (Lipinski definition) is 16. The monoisotopic (exact) mass is 724 g/mol. The van der Waals surface area contributed by atoms with Crippen molar-refractivity contribution in [1.29, 1.82) is 0 Å². The Kier molecular flexibility index (Phi) is 7.56. The van der Waals surface area contributed by atoms with Crippen LogP contribution in [0.5, 0.6) is 0 Å². The summed E-state index contributed by atoms with van der Waals surface area (Å²) in [7, 11) is 2.26. The molecule has 8 rings (SSSR count). The molecule has 0 amide bonds. The Balaban J connectivity index is 1.39. The SMILES string of the molecule is CCC(C)C(=O)O[C@H]1C[C@@H](OC(C)=O)[C@@]2(C(=O)OC)COC3C2[C@]12CO[C@](O)(C(=O)OC)[C@H]2[C@](C)([C@]12O[C@@]1(C)C1CC2O[C@@H]2OCC[C@]12O)[C@@H]3O. The Bertz CT molecular complexity index is 1550. The maximum atomic E-state index is 14.2. The molecule has 0 aromatic rings. The second kappa shape index (κ2) is 10.8. The molecule has 8 fully saturated rings. The molecular formula is C35H48O16. The molecule has 284 valence electrons. The van der Waals surface area contributed by atoms with Gasteiger partial charge in [-0.1, -0.05) is 20.8 Å². The Morgan fingerprint density at radius 3 is 2.31 bits per heavy atom. The van der Waals surface area contributed by atoms with Crippen molar-refractivity contribution >= 4 is 23.9 Å². The average Bonchev–Trinajstić information content (AvgIpc) is 3.47. The molecule has 0 aromatic heterocycles. The number of esters is 4. The number of ether oxygens (including phenoxy) is 9. The van der Waals surface area contributed by atoms with Gasteiger partial charge >= 0.3 is 23.9 Å². The predicted molar refractivity (Wildman–Crippen MR) is 165 cm³/mol. The number of carbonyl (C=O) groups excluding carboxylic acids is 4. The molecule has 5 aliphatic heterocycles. The lowest BCUT2D eigenvalue weighted by molar-refractivity contribution is -0.317. The number of methoxy groups -OCH3 is 2. The van der Waals surface area contributed by atoms with Crippen LogP contribution in [0.3, 0.4) is 0 Å². The lowest BCUT2D eigenvalue weighted by atomic mass is 9.37. The number of aliphatic hydroxyl groups excluding tert-OH is 1. The van der Waals surface area contributed by atoms with Crippen LogP contribution < -0.4 is 0 Å². The number of rotatable bonds is 7. The lowest BCUT2D eigenvalue weighted by Crippen LogP contribution is -2.79. The maximum Gasteiger partial charge on any atom is 0.366 e. The summed E-state index contributed by atoms with van der Waals surface area (Å²) in [6.45, 7) is 7.60. The van der Waals surface area contributed by atoms with E-state index in [0.29, 0.717) is 12.8 Å². The van der Waals surface area contributed by atoms with E-state index in [2.05, 4.69) is 0 Å². The summed E-state index contributed by atoms with van der Waals surface area (Å²) in [4.78, 5) is 54.5. The number of carbonyl (C=O) groups is 4. The minimum absolute atomic E-state index is 0.254. The van der Waals surface area contributed by atoms with Crippen molar-refractivity contribution < 1.29 is 77.1 Å². The topological polar surface area (TPSA) is 215 Å². The first-order valence-corrected chi connectivity index (χ1v) is 17.9. The van der Waals surface area contributed by atoms with Crippen LogP contribution in [0.4, 0.5) is 0 Å². The third kappa shape index (κ3) is 3.78. The molecule has 1 spiro atoms. The minimum atomic E-state index is -2.79. The zero-order chi connectivity index (χ0) is 36.9. The van der Waals surface area contributed by atoms with Crippen molar-refractivity contribution in [2.24, 2.45) is 39.9 Å². The average molecular weight is 725 g/mol. The fraction of sp³-hybridized carbons (Fsp3) is 0.886. The molecule has 0 aromatic carbocycles. The van der Waals surface area contributed by atoms with Crippen LogP contribution in [-0.2, 0) is 61.8 Å². The Labute approximate surface area is 294 Å². The third-order valence-electron chi connectivity index (χ3n) is 14.7. The molecular weight excluding hydrogens is 676 g/mol. The fourth-order valence-electron chi connectivity index (χ4n) is 12.6. The second-order valence-corrected chi connectivity index (χ2v) is 16.4. The number of fused-ring (bicyclic) bond motifs is 7. The Morgan fingerprint density at radius 2 is 1.67 bits per heavy atom. The molecule has 3 N–H and O–H groups in total. The van der Waals surface area contributed by atoms with Crippen molar-refractivity contribution in [1.82, 2.24) is 0 Å². The first-order chi connectivity index (χ1) is 23.9. The second-order valence-electron chi connectivity index (χ2n) is 16.4. The van der Waals surface area contributed by atoms with Crippen LogP contribution in [0.15, 0.2) is 0 Å². The van der Waals surface area contributed by atoms with Crippen molar-refractivity contribution in [2.75, 3.05) is 34.0 Å². The van der Waals surface area contributed by atoms with Crippen LogP contribution in [0.1, 0.15) is 60.3 Å². The Morgan fingerprint density at radius 1 is 0.961 bits per heavy atom.